The molecule has 2 nitrogen and oxygen atoms in total. The van der Waals surface area contributed by atoms with Gasteiger partial charge in [-0.1, -0.05) is 48.5 Å². The summed E-state index contributed by atoms with van der Waals surface area (Å²) < 4.78 is 41.5. The molecular weight excluding hydrogens is 313 g/mol. The van der Waals surface area contributed by atoms with E-state index < -0.39 is 12.0 Å². The van der Waals surface area contributed by atoms with Crippen LogP contribution in [0.25, 0.3) is 21.8 Å². The van der Waals surface area contributed by atoms with Crippen molar-refractivity contribution < 1.29 is 17.7 Å². The minimum absolute atomic E-state index is 0.156. The molecule has 0 radical (unpaired) electrons. The van der Waals surface area contributed by atoms with Crippen LogP contribution in [0.2, 0.25) is 0 Å². The first-order valence-corrected chi connectivity index (χ1v) is 7.58. The highest BCUT2D eigenvalue weighted by molar-refractivity contribution is 5.83. The number of para-hydroxylation sites is 2. The van der Waals surface area contributed by atoms with E-state index in [1.807, 2.05) is 42.5 Å². The molecule has 3 aromatic carbocycles. The second-order valence-corrected chi connectivity index (χ2v) is 5.76. The van der Waals surface area contributed by atoms with Crippen molar-refractivity contribution in [1.29, 1.82) is 0 Å². The Hall–Kier alpha value is -2.82. The zero-order valence-electron chi connectivity index (χ0n) is 12.6. The highest BCUT2D eigenvalue weighted by Gasteiger charge is 2.43. The third-order valence-corrected chi connectivity index (χ3v) is 4.14. The highest BCUT2D eigenvalue weighted by Crippen LogP contribution is 2.28. The predicted molar refractivity (Wildman–Crippen MR) is 86.5 cm³/mol. The van der Waals surface area contributed by atoms with E-state index >= 15 is 0 Å². The van der Waals surface area contributed by atoms with Crippen molar-refractivity contribution in [2.45, 2.75) is 12.7 Å². The molecule has 0 fully saturated rings. The van der Waals surface area contributed by atoms with E-state index in [1.165, 1.54) is 4.57 Å². The smallest absolute Gasteiger partial charge is 0.233 e. The Morgan fingerprint density at radius 1 is 0.833 bits per heavy atom. The van der Waals surface area contributed by atoms with Crippen molar-refractivity contribution in [3.8, 4) is 0 Å². The number of nitrogens with zero attached hydrogens (tertiary/aromatic N) is 1. The number of imidazole rings is 1. The Bertz CT molecular complexity index is 1030. The molecule has 24 heavy (non-hydrogen) atoms. The average Bonchev–Trinajstić information content (AvgIpc) is 2.94. The van der Waals surface area contributed by atoms with Crippen LogP contribution in [-0.4, -0.2) is 4.98 Å². The standard InChI is InChI=1S/C19H13F3N2/c20-19(21,22)18-23-16-7-3-4-8-17(16)24(18)12-13-9-10-14-5-1-2-6-15(14)11-13/h1-11H,12H2/p+1. The molecule has 0 saturated carbocycles. The summed E-state index contributed by atoms with van der Waals surface area (Å²) in [6, 6.07) is 20.4. The minimum atomic E-state index is -4.43. The molecule has 0 aliphatic heterocycles. The fourth-order valence-corrected chi connectivity index (χ4v) is 3.04. The van der Waals surface area contributed by atoms with E-state index in [0.29, 0.717) is 11.0 Å². The minimum Gasteiger partial charge on any atom is -0.233 e. The highest BCUT2D eigenvalue weighted by atomic mass is 19.4. The van der Waals surface area contributed by atoms with E-state index in [1.54, 1.807) is 24.3 Å². The summed E-state index contributed by atoms with van der Waals surface area (Å²) in [4.78, 5) is 2.50. The normalized spacial score (nSPS) is 12.1. The largest absolute Gasteiger partial charge is 0.494 e. The van der Waals surface area contributed by atoms with Gasteiger partial charge in [0.25, 0.3) is 0 Å². The maximum Gasteiger partial charge on any atom is 0.494 e. The number of nitrogens with one attached hydrogen (secondary N) is 1. The van der Waals surface area contributed by atoms with Crippen LogP contribution in [0.5, 0.6) is 0 Å². The van der Waals surface area contributed by atoms with Crippen molar-refractivity contribution in [1.82, 2.24) is 4.98 Å². The van der Waals surface area contributed by atoms with Gasteiger partial charge in [-0.2, -0.15) is 13.2 Å². The van der Waals surface area contributed by atoms with Crippen LogP contribution in [0, 0.1) is 0 Å². The molecule has 0 amide bonds. The topological polar surface area (TPSA) is 19.7 Å². The molecule has 0 bridgehead atoms. The zero-order valence-corrected chi connectivity index (χ0v) is 12.6. The van der Waals surface area contributed by atoms with Crippen LogP contribution in [0.15, 0.2) is 66.7 Å². The summed E-state index contributed by atoms with van der Waals surface area (Å²) in [6.45, 7) is 0.156. The molecule has 4 rings (SSSR count). The number of rotatable bonds is 2. The van der Waals surface area contributed by atoms with Crippen LogP contribution >= 0.6 is 0 Å². The van der Waals surface area contributed by atoms with Crippen molar-refractivity contribution in [3.05, 3.63) is 78.1 Å². The van der Waals surface area contributed by atoms with Gasteiger partial charge in [-0.05, 0) is 34.5 Å². The van der Waals surface area contributed by atoms with E-state index in [-0.39, 0.29) is 6.54 Å². The molecule has 0 unspecified atom stereocenters. The van der Waals surface area contributed by atoms with Gasteiger partial charge in [-0.15, -0.1) is 0 Å². The van der Waals surface area contributed by atoms with Gasteiger partial charge < -0.3 is 0 Å². The first-order chi connectivity index (χ1) is 11.5. The van der Waals surface area contributed by atoms with Crippen molar-refractivity contribution in [3.63, 3.8) is 0 Å². The molecule has 0 aliphatic carbocycles. The SMILES string of the molecule is FC(F)(F)c1[nH]c2ccccc2[n+]1Cc1ccc2ccccc2c1. The number of aromatic nitrogens is 2. The lowest BCUT2D eigenvalue weighted by Crippen LogP contribution is -2.41. The molecule has 120 valence electrons. The average molecular weight is 327 g/mol. The first kappa shape index (κ1) is 14.8. The number of hydrogen-bond donors (Lipinski definition) is 1. The number of hydrogen-bond acceptors (Lipinski definition) is 0. The van der Waals surface area contributed by atoms with Gasteiger partial charge in [0.2, 0.25) is 0 Å². The van der Waals surface area contributed by atoms with E-state index in [9.17, 15) is 13.2 Å². The Kier molecular flexibility index (Phi) is 3.30. The Morgan fingerprint density at radius 3 is 2.33 bits per heavy atom. The molecule has 0 saturated heterocycles. The Morgan fingerprint density at radius 2 is 1.54 bits per heavy atom. The number of H-pyrrole nitrogens is 1. The first-order valence-electron chi connectivity index (χ1n) is 7.58. The number of aromatic amines is 1. The van der Waals surface area contributed by atoms with Gasteiger partial charge in [-0.25, -0.2) is 9.55 Å². The summed E-state index contributed by atoms with van der Waals surface area (Å²) in [5.41, 5.74) is 1.84. The van der Waals surface area contributed by atoms with Crippen molar-refractivity contribution in [2.75, 3.05) is 0 Å². The maximum atomic E-state index is 13.4. The van der Waals surface area contributed by atoms with Crippen LogP contribution in [-0.2, 0) is 12.7 Å². The van der Waals surface area contributed by atoms with Gasteiger partial charge in [-0.3, -0.25) is 0 Å². The lowest BCUT2D eigenvalue weighted by atomic mass is 10.1. The van der Waals surface area contributed by atoms with Gasteiger partial charge in [0, 0.05) is 0 Å². The number of benzene rings is 3. The lowest BCUT2D eigenvalue weighted by Gasteiger charge is -2.06. The number of halogens is 3. The fourth-order valence-electron chi connectivity index (χ4n) is 3.04. The molecule has 0 aliphatic rings. The van der Waals surface area contributed by atoms with Crippen molar-refractivity contribution in [2.24, 2.45) is 0 Å². The van der Waals surface area contributed by atoms with E-state index in [0.717, 1.165) is 16.3 Å². The summed E-state index contributed by atoms with van der Waals surface area (Å²) in [6.07, 6.45) is -4.43. The van der Waals surface area contributed by atoms with Gasteiger partial charge in [0.05, 0.1) is 0 Å². The molecule has 0 spiro atoms. The number of fused-ring (bicyclic) bond motifs is 2. The van der Waals surface area contributed by atoms with Gasteiger partial charge in [0.15, 0.2) is 11.0 Å². The van der Waals surface area contributed by atoms with Gasteiger partial charge in [0.1, 0.15) is 6.54 Å². The number of alkyl halides is 3. The molecule has 0 atom stereocenters. The lowest BCUT2D eigenvalue weighted by molar-refractivity contribution is -0.682. The molecule has 1 aromatic heterocycles. The predicted octanol–water partition coefficient (Wildman–Crippen LogP) is 4.68. The molecule has 5 heteroatoms. The fraction of sp³-hybridized carbons (Fsp3) is 0.105. The summed E-state index contributed by atoms with van der Waals surface area (Å²) >= 11 is 0. The van der Waals surface area contributed by atoms with Crippen LogP contribution in [0.3, 0.4) is 0 Å². The second kappa shape index (κ2) is 5.37. The monoisotopic (exact) mass is 327 g/mol. The second-order valence-electron chi connectivity index (χ2n) is 5.76. The van der Waals surface area contributed by atoms with Crippen LogP contribution in [0.1, 0.15) is 11.4 Å². The van der Waals surface area contributed by atoms with Crippen LogP contribution in [0.4, 0.5) is 13.2 Å². The molecule has 1 N–H and O–H groups in total. The third kappa shape index (κ3) is 2.52. The Balaban J connectivity index is 1.85. The molecule has 4 aromatic rings. The zero-order chi connectivity index (χ0) is 16.7. The Labute approximate surface area is 136 Å². The van der Waals surface area contributed by atoms with E-state index in [2.05, 4.69) is 4.98 Å². The van der Waals surface area contributed by atoms with Gasteiger partial charge >= 0.3 is 12.0 Å². The molecule has 1 heterocycles. The van der Waals surface area contributed by atoms with E-state index in [4.69, 9.17) is 0 Å². The van der Waals surface area contributed by atoms with Crippen molar-refractivity contribution >= 4 is 21.8 Å². The third-order valence-electron chi connectivity index (χ3n) is 4.14. The maximum absolute atomic E-state index is 13.4. The van der Waals surface area contributed by atoms with Crippen LogP contribution < -0.4 is 4.57 Å². The summed E-state index contributed by atoms with van der Waals surface area (Å²) in [7, 11) is 0. The quantitative estimate of drug-likeness (QED) is 0.516. The molecular formula is C19H14F3N2+. The summed E-state index contributed by atoms with van der Waals surface area (Å²) in [5, 5.41) is 2.09. The summed E-state index contributed by atoms with van der Waals surface area (Å²) in [5.74, 6) is -0.739.